The van der Waals surface area contributed by atoms with E-state index in [4.69, 9.17) is 0 Å². The Labute approximate surface area is 116 Å². The monoisotopic (exact) mass is 344 g/mol. The van der Waals surface area contributed by atoms with E-state index in [1.807, 2.05) is 11.9 Å². The molecule has 92 valence electrons. The highest BCUT2D eigenvalue weighted by molar-refractivity contribution is 14.1. The first-order chi connectivity index (χ1) is 8.13. The first-order valence-electron chi connectivity index (χ1n) is 5.88. The van der Waals surface area contributed by atoms with Crippen molar-refractivity contribution in [3.63, 3.8) is 0 Å². The summed E-state index contributed by atoms with van der Waals surface area (Å²) in [5.74, 6) is 0.198. The van der Waals surface area contributed by atoms with Crippen molar-refractivity contribution in [2.45, 2.75) is 25.8 Å². The van der Waals surface area contributed by atoms with Crippen molar-refractivity contribution in [2.24, 2.45) is 0 Å². The van der Waals surface area contributed by atoms with E-state index in [0.717, 1.165) is 30.6 Å². The molecule has 4 heteroatoms. The number of carbonyl (C=O) groups is 1. The summed E-state index contributed by atoms with van der Waals surface area (Å²) in [6.07, 6.45) is 2.00. The van der Waals surface area contributed by atoms with Crippen LogP contribution < -0.4 is 10.2 Å². The largest absolute Gasteiger partial charge is 0.311 e. The van der Waals surface area contributed by atoms with E-state index < -0.39 is 0 Å². The zero-order chi connectivity index (χ0) is 12.4. The minimum atomic E-state index is -0.0268. The van der Waals surface area contributed by atoms with Crippen molar-refractivity contribution in [1.82, 2.24) is 5.32 Å². The molecule has 0 radical (unpaired) electrons. The highest BCUT2D eigenvalue weighted by Gasteiger charge is 2.29. The van der Waals surface area contributed by atoms with Crippen molar-refractivity contribution in [1.29, 1.82) is 0 Å². The number of nitrogens with zero attached hydrogens (tertiary/aromatic N) is 1. The van der Waals surface area contributed by atoms with Gasteiger partial charge in [0, 0.05) is 15.8 Å². The Bertz CT molecular complexity index is 433. The van der Waals surface area contributed by atoms with Gasteiger partial charge in [0.1, 0.15) is 0 Å². The van der Waals surface area contributed by atoms with E-state index in [-0.39, 0.29) is 11.9 Å². The molecule has 2 rings (SSSR count). The number of hydrogen-bond donors (Lipinski definition) is 1. The molecule has 1 unspecified atom stereocenters. The number of likely N-dealkylation sites (N-methyl/N-ethyl adjacent to an activating group) is 1. The molecule has 1 aromatic rings. The lowest BCUT2D eigenvalue weighted by atomic mass is 10.0. The lowest BCUT2D eigenvalue weighted by Crippen LogP contribution is -2.50. The van der Waals surface area contributed by atoms with Crippen LogP contribution in [0.2, 0.25) is 0 Å². The van der Waals surface area contributed by atoms with E-state index in [1.54, 1.807) is 0 Å². The zero-order valence-corrected chi connectivity index (χ0v) is 12.3. The second-order valence-electron chi connectivity index (χ2n) is 4.40. The van der Waals surface area contributed by atoms with Gasteiger partial charge in [-0.1, -0.05) is 6.07 Å². The first kappa shape index (κ1) is 12.8. The van der Waals surface area contributed by atoms with E-state index in [0.29, 0.717) is 0 Å². The van der Waals surface area contributed by atoms with Crippen LogP contribution in [0, 0.1) is 10.5 Å². The van der Waals surface area contributed by atoms with Crippen LogP contribution in [0.15, 0.2) is 18.2 Å². The van der Waals surface area contributed by atoms with Gasteiger partial charge in [-0.05, 0) is 67.1 Å². The molecule has 0 aliphatic carbocycles. The van der Waals surface area contributed by atoms with Crippen LogP contribution in [0.1, 0.15) is 18.4 Å². The maximum absolute atomic E-state index is 12.3. The Balaban J connectivity index is 2.32. The number of amides is 1. The summed E-state index contributed by atoms with van der Waals surface area (Å²) in [7, 11) is 1.85. The molecule has 1 aliphatic heterocycles. The molecule has 1 amide bonds. The van der Waals surface area contributed by atoms with Crippen LogP contribution in [0.4, 0.5) is 5.69 Å². The molecule has 0 saturated carbocycles. The third kappa shape index (κ3) is 2.63. The zero-order valence-electron chi connectivity index (χ0n) is 10.2. The predicted octanol–water partition coefficient (Wildman–Crippen LogP) is 2.31. The van der Waals surface area contributed by atoms with E-state index in [2.05, 4.69) is 53.0 Å². The van der Waals surface area contributed by atoms with Crippen LogP contribution in [0.25, 0.3) is 0 Å². The van der Waals surface area contributed by atoms with Crippen molar-refractivity contribution in [3.05, 3.63) is 27.3 Å². The van der Waals surface area contributed by atoms with Crippen LogP contribution >= 0.6 is 22.6 Å². The minimum Gasteiger partial charge on any atom is -0.311 e. The Morgan fingerprint density at radius 2 is 2.24 bits per heavy atom. The molecule has 1 aliphatic rings. The molecule has 0 aromatic heterocycles. The Morgan fingerprint density at radius 1 is 1.47 bits per heavy atom. The van der Waals surface area contributed by atoms with Crippen LogP contribution in [-0.2, 0) is 4.79 Å². The first-order valence-corrected chi connectivity index (χ1v) is 6.96. The summed E-state index contributed by atoms with van der Waals surface area (Å²) in [5.41, 5.74) is 2.22. The van der Waals surface area contributed by atoms with E-state index in [1.165, 1.54) is 3.57 Å². The van der Waals surface area contributed by atoms with Gasteiger partial charge in [-0.25, -0.2) is 0 Å². The minimum absolute atomic E-state index is 0.0268. The molecular weight excluding hydrogens is 327 g/mol. The highest BCUT2D eigenvalue weighted by atomic mass is 127. The normalized spacial score (nSPS) is 20.8. The van der Waals surface area contributed by atoms with Gasteiger partial charge < -0.3 is 10.2 Å². The number of anilines is 1. The fourth-order valence-electron chi connectivity index (χ4n) is 2.26. The summed E-state index contributed by atoms with van der Waals surface area (Å²) >= 11 is 2.29. The Hall–Kier alpha value is -0.620. The van der Waals surface area contributed by atoms with Crippen molar-refractivity contribution in [2.75, 3.05) is 18.5 Å². The molecule has 1 aromatic carbocycles. The molecule has 3 nitrogen and oxygen atoms in total. The number of nitrogens with one attached hydrogen (secondary N) is 1. The number of rotatable bonds is 2. The summed E-state index contributed by atoms with van der Waals surface area (Å²) < 4.78 is 1.17. The van der Waals surface area contributed by atoms with E-state index >= 15 is 0 Å². The van der Waals surface area contributed by atoms with Gasteiger partial charge in [-0.3, -0.25) is 4.79 Å². The third-order valence-electron chi connectivity index (χ3n) is 3.25. The lowest BCUT2D eigenvalue weighted by molar-refractivity contribution is -0.121. The SMILES string of the molecule is CNC1CCCN(c2cc(I)ccc2C)C1=O. The maximum atomic E-state index is 12.3. The van der Waals surface area contributed by atoms with Gasteiger partial charge in [0.2, 0.25) is 5.91 Å². The molecular formula is C13H17IN2O. The summed E-state index contributed by atoms with van der Waals surface area (Å²) in [6, 6.07) is 6.21. The van der Waals surface area contributed by atoms with Crippen LogP contribution in [0.5, 0.6) is 0 Å². The van der Waals surface area contributed by atoms with Crippen molar-refractivity contribution in [3.8, 4) is 0 Å². The molecule has 17 heavy (non-hydrogen) atoms. The van der Waals surface area contributed by atoms with Crippen molar-refractivity contribution < 1.29 is 4.79 Å². The van der Waals surface area contributed by atoms with Gasteiger partial charge >= 0.3 is 0 Å². The van der Waals surface area contributed by atoms with Crippen molar-refractivity contribution >= 4 is 34.2 Å². The molecule has 1 saturated heterocycles. The third-order valence-corrected chi connectivity index (χ3v) is 3.92. The maximum Gasteiger partial charge on any atom is 0.244 e. The van der Waals surface area contributed by atoms with Gasteiger partial charge in [0.05, 0.1) is 6.04 Å². The fourth-order valence-corrected chi connectivity index (χ4v) is 2.73. The number of aryl methyl sites for hydroxylation is 1. The lowest BCUT2D eigenvalue weighted by Gasteiger charge is -2.33. The average molecular weight is 344 g/mol. The number of carbonyl (C=O) groups excluding carboxylic acids is 1. The summed E-state index contributed by atoms with van der Waals surface area (Å²) in [4.78, 5) is 14.2. The van der Waals surface area contributed by atoms with Gasteiger partial charge in [0.15, 0.2) is 0 Å². The summed E-state index contributed by atoms with van der Waals surface area (Å²) in [5, 5.41) is 3.09. The van der Waals surface area contributed by atoms with Crippen LogP contribution in [0.3, 0.4) is 0 Å². The smallest absolute Gasteiger partial charge is 0.244 e. The van der Waals surface area contributed by atoms with E-state index in [9.17, 15) is 4.79 Å². The number of benzene rings is 1. The molecule has 1 N–H and O–H groups in total. The Kier molecular flexibility index (Phi) is 4.04. The van der Waals surface area contributed by atoms with Gasteiger partial charge in [0.25, 0.3) is 0 Å². The topological polar surface area (TPSA) is 32.3 Å². The predicted molar refractivity (Wildman–Crippen MR) is 78.3 cm³/mol. The molecule has 0 spiro atoms. The number of piperidine rings is 1. The quantitative estimate of drug-likeness (QED) is 0.836. The molecule has 0 bridgehead atoms. The fraction of sp³-hybridized carbons (Fsp3) is 0.462. The molecule has 1 atom stereocenters. The van der Waals surface area contributed by atoms with Gasteiger partial charge in [-0.15, -0.1) is 0 Å². The summed E-state index contributed by atoms with van der Waals surface area (Å²) in [6.45, 7) is 2.89. The second kappa shape index (κ2) is 5.35. The molecule has 1 heterocycles. The highest BCUT2D eigenvalue weighted by Crippen LogP contribution is 2.26. The average Bonchev–Trinajstić information content (AvgIpc) is 2.33. The second-order valence-corrected chi connectivity index (χ2v) is 5.65. The molecule has 1 fully saturated rings. The standard InChI is InChI=1S/C13H17IN2O/c1-9-5-6-10(14)8-12(9)16-7-3-4-11(15-2)13(16)17/h5-6,8,11,15H,3-4,7H2,1-2H3. The number of hydrogen-bond acceptors (Lipinski definition) is 2. The van der Waals surface area contributed by atoms with Crippen LogP contribution in [-0.4, -0.2) is 25.5 Å². The number of halogens is 1. The van der Waals surface area contributed by atoms with Gasteiger partial charge in [-0.2, -0.15) is 0 Å². The Morgan fingerprint density at radius 3 is 2.94 bits per heavy atom.